The van der Waals surface area contributed by atoms with Gasteiger partial charge in [-0.1, -0.05) is 49.7 Å². The summed E-state index contributed by atoms with van der Waals surface area (Å²) in [6, 6.07) is 13.9. The Kier molecular flexibility index (Phi) is 8.14. The van der Waals surface area contributed by atoms with Crippen LogP contribution in [0.3, 0.4) is 0 Å². The Morgan fingerprint density at radius 2 is 2.03 bits per heavy atom. The summed E-state index contributed by atoms with van der Waals surface area (Å²) >= 11 is 6.43. The summed E-state index contributed by atoms with van der Waals surface area (Å²) < 4.78 is 11.9. The summed E-state index contributed by atoms with van der Waals surface area (Å²) in [5, 5.41) is 9.63. The van der Waals surface area contributed by atoms with E-state index in [1.807, 2.05) is 36.4 Å². The number of aliphatic carboxylic acids is 1. The molecule has 0 saturated carbocycles. The van der Waals surface area contributed by atoms with Crippen molar-refractivity contribution < 1.29 is 19.4 Å². The first-order valence-electron chi connectivity index (χ1n) is 10.5. The van der Waals surface area contributed by atoms with Crippen molar-refractivity contribution in [3.05, 3.63) is 64.2 Å². The van der Waals surface area contributed by atoms with Gasteiger partial charge in [0.05, 0.1) is 19.1 Å². The zero-order valence-corrected chi connectivity index (χ0v) is 18.4. The third-order valence-electron chi connectivity index (χ3n) is 5.27. The van der Waals surface area contributed by atoms with Crippen molar-refractivity contribution in [2.45, 2.75) is 39.4 Å². The van der Waals surface area contributed by atoms with Gasteiger partial charge in [0.15, 0.2) is 0 Å². The smallest absolute Gasteiger partial charge is 0.304 e. The lowest BCUT2D eigenvalue weighted by molar-refractivity contribution is -0.137. The lowest BCUT2D eigenvalue weighted by Gasteiger charge is -2.32. The van der Waals surface area contributed by atoms with Crippen LogP contribution in [0.25, 0.3) is 0 Å². The molecule has 1 aliphatic rings. The van der Waals surface area contributed by atoms with Crippen molar-refractivity contribution in [2.75, 3.05) is 26.2 Å². The van der Waals surface area contributed by atoms with E-state index in [2.05, 4.69) is 24.8 Å². The van der Waals surface area contributed by atoms with Crippen LogP contribution < -0.4 is 4.74 Å². The molecule has 1 fully saturated rings. The number of carbonyl (C=O) groups is 1. The van der Waals surface area contributed by atoms with Crippen LogP contribution in [0, 0.1) is 5.92 Å². The molecule has 0 aliphatic carbocycles. The van der Waals surface area contributed by atoms with Crippen LogP contribution in [0.1, 0.15) is 43.1 Å². The highest BCUT2D eigenvalue weighted by atomic mass is 35.5. The summed E-state index contributed by atoms with van der Waals surface area (Å²) in [6.45, 7) is 7.44. The fourth-order valence-corrected chi connectivity index (χ4v) is 3.94. The lowest BCUT2D eigenvalue weighted by Crippen LogP contribution is -2.39. The molecule has 30 heavy (non-hydrogen) atoms. The molecule has 3 rings (SSSR count). The molecule has 1 saturated heterocycles. The Morgan fingerprint density at radius 1 is 1.27 bits per heavy atom. The van der Waals surface area contributed by atoms with Crippen molar-refractivity contribution in [3.8, 4) is 5.75 Å². The molecule has 0 amide bonds. The van der Waals surface area contributed by atoms with Gasteiger partial charge in [0.25, 0.3) is 0 Å². The number of benzene rings is 2. The number of hydrogen-bond donors (Lipinski definition) is 1. The van der Waals surface area contributed by atoms with Gasteiger partial charge in [-0.2, -0.15) is 0 Å². The van der Waals surface area contributed by atoms with Crippen molar-refractivity contribution in [2.24, 2.45) is 5.92 Å². The summed E-state index contributed by atoms with van der Waals surface area (Å²) in [4.78, 5) is 12.9. The number of halogens is 1. The topological polar surface area (TPSA) is 59.0 Å². The molecule has 1 unspecified atom stereocenters. The van der Waals surface area contributed by atoms with Crippen LogP contribution in [-0.4, -0.2) is 42.2 Å². The molecule has 1 aliphatic heterocycles. The molecule has 0 radical (unpaired) electrons. The molecular formula is C24H30ClNO4. The Hall–Kier alpha value is -2.08. The predicted octanol–water partition coefficient (Wildman–Crippen LogP) is 4.97. The minimum Gasteiger partial charge on any atom is -0.489 e. The molecule has 1 atom stereocenters. The number of carboxylic acids is 1. The summed E-state index contributed by atoms with van der Waals surface area (Å²) in [5.41, 5.74) is 3.34. The van der Waals surface area contributed by atoms with Crippen LogP contribution >= 0.6 is 11.6 Å². The number of rotatable bonds is 9. The maximum absolute atomic E-state index is 10.8. The zero-order chi connectivity index (χ0) is 21.5. The summed E-state index contributed by atoms with van der Waals surface area (Å²) in [6.07, 6.45) is 1.07. The van der Waals surface area contributed by atoms with E-state index in [1.165, 1.54) is 5.56 Å². The Labute approximate surface area is 183 Å². The van der Waals surface area contributed by atoms with Gasteiger partial charge in [-0.05, 0) is 41.7 Å². The van der Waals surface area contributed by atoms with E-state index < -0.39 is 5.97 Å². The molecule has 162 valence electrons. The molecule has 0 bridgehead atoms. The number of carboxylic acid groups (broad SMARTS) is 1. The molecule has 2 aromatic carbocycles. The fourth-order valence-electron chi connectivity index (χ4n) is 3.69. The van der Waals surface area contributed by atoms with Crippen LogP contribution in [0.15, 0.2) is 42.5 Å². The van der Waals surface area contributed by atoms with Crippen LogP contribution in [-0.2, 0) is 22.6 Å². The molecule has 5 nitrogen and oxygen atoms in total. The summed E-state index contributed by atoms with van der Waals surface area (Å²) in [7, 11) is 0. The van der Waals surface area contributed by atoms with Crippen LogP contribution in [0.4, 0.5) is 0 Å². The quantitative estimate of drug-likeness (QED) is 0.607. The maximum atomic E-state index is 10.8. The minimum absolute atomic E-state index is 0.0530. The highest BCUT2D eigenvalue weighted by Gasteiger charge is 2.22. The number of morpholine rings is 1. The van der Waals surface area contributed by atoms with E-state index in [-0.39, 0.29) is 12.5 Å². The third-order valence-corrected chi connectivity index (χ3v) is 5.63. The van der Waals surface area contributed by atoms with E-state index in [0.29, 0.717) is 32.2 Å². The minimum atomic E-state index is -0.769. The SMILES string of the molecule is CC(C)Cc1cccc(Cl)c1COc1ccc(C2CN(CCC(=O)O)CCO2)cc1. The van der Waals surface area contributed by atoms with Gasteiger partial charge < -0.3 is 14.6 Å². The first kappa shape index (κ1) is 22.6. The highest BCUT2D eigenvalue weighted by Crippen LogP contribution is 2.27. The van der Waals surface area contributed by atoms with Crippen molar-refractivity contribution in [1.82, 2.24) is 4.90 Å². The normalized spacial score (nSPS) is 17.3. The van der Waals surface area contributed by atoms with Crippen molar-refractivity contribution >= 4 is 17.6 Å². The average Bonchev–Trinajstić information content (AvgIpc) is 2.72. The second-order valence-corrected chi connectivity index (χ2v) is 8.54. The van der Waals surface area contributed by atoms with Crippen molar-refractivity contribution in [3.63, 3.8) is 0 Å². The highest BCUT2D eigenvalue weighted by molar-refractivity contribution is 6.31. The van der Waals surface area contributed by atoms with E-state index in [1.54, 1.807) is 0 Å². The Bertz CT molecular complexity index is 838. The molecule has 1 N–H and O–H groups in total. The van der Waals surface area contributed by atoms with Gasteiger partial charge in [0, 0.05) is 30.2 Å². The lowest BCUT2D eigenvalue weighted by atomic mass is 9.98. The number of ether oxygens (including phenoxy) is 2. The first-order chi connectivity index (χ1) is 14.4. The van der Waals surface area contributed by atoms with E-state index >= 15 is 0 Å². The molecule has 0 aromatic heterocycles. The number of nitrogens with zero attached hydrogens (tertiary/aromatic N) is 1. The zero-order valence-electron chi connectivity index (χ0n) is 17.6. The molecular weight excluding hydrogens is 402 g/mol. The monoisotopic (exact) mass is 431 g/mol. The molecule has 6 heteroatoms. The van der Waals surface area contributed by atoms with Crippen molar-refractivity contribution in [1.29, 1.82) is 0 Å². The fraction of sp³-hybridized carbons (Fsp3) is 0.458. The first-order valence-corrected chi connectivity index (χ1v) is 10.8. The number of hydrogen-bond acceptors (Lipinski definition) is 4. The van der Waals surface area contributed by atoms with Gasteiger partial charge >= 0.3 is 5.97 Å². The summed E-state index contributed by atoms with van der Waals surface area (Å²) in [5.74, 6) is 0.564. The van der Waals surface area contributed by atoms with Gasteiger partial charge in [-0.3, -0.25) is 9.69 Å². The van der Waals surface area contributed by atoms with E-state index in [9.17, 15) is 4.79 Å². The molecule has 2 aromatic rings. The standard InChI is InChI=1S/C24H30ClNO4/c1-17(2)14-19-4-3-5-22(25)21(19)16-30-20-8-6-18(7-9-20)23-15-26(12-13-29-23)11-10-24(27)28/h3-9,17,23H,10-16H2,1-2H3,(H,27,28). The molecule has 1 heterocycles. The largest absolute Gasteiger partial charge is 0.489 e. The average molecular weight is 432 g/mol. The van der Waals surface area contributed by atoms with E-state index in [0.717, 1.165) is 34.9 Å². The van der Waals surface area contributed by atoms with Crippen LogP contribution in [0.2, 0.25) is 5.02 Å². The predicted molar refractivity (Wildman–Crippen MR) is 118 cm³/mol. The second kappa shape index (κ2) is 10.8. The van der Waals surface area contributed by atoms with Gasteiger partial charge in [-0.25, -0.2) is 0 Å². The van der Waals surface area contributed by atoms with E-state index in [4.69, 9.17) is 26.2 Å². The third kappa shape index (κ3) is 6.46. The van der Waals surface area contributed by atoms with Gasteiger partial charge in [0.2, 0.25) is 0 Å². The van der Waals surface area contributed by atoms with Gasteiger partial charge in [-0.15, -0.1) is 0 Å². The Morgan fingerprint density at radius 3 is 2.73 bits per heavy atom. The second-order valence-electron chi connectivity index (χ2n) is 8.14. The van der Waals surface area contributed by atoms with Crippen LogP contribution in [0.5, 0.6) is 5.75 Å². The molecule has 0 spiro atoms. The van der Waals surface area contributed by atoms with Gasteiger partial charge in [0.1, 0.15) is 12.4 Å². The Balaban J connectivity index is 1.60. The maximum Gasteiger partial charge on any atom is 0.304 e.